The fourth-order valence-corrected chi connectivity index (χ4v) is 4.53. The van der Waals surface area contributed by atoms with Gasteiger partial charge in [-0.1, -0.05) is 41.4 Å². The van der Waals surface area contributed by atoms with Crippen molar-refractivity contribution in [3.05, 3.63) is 63.7 Å². The molecule has 2 rings (SSSR count). The lowest BCUT2D eigenvalue weighted by molar-refractivity contribution is -0.121. The highest BCUT2D eigenvalue weighted by Gasteiger charge is 2.26. The Morgan fingerprint density at radius 1 is 1.08 bits per heavy atom. The van der Waals surface area contributed by atoms with Crippen LogP contribution in [0.2, 0.25) is 5.02 Å². The van der Waals surface area contributed by atoms with E-state index in [1.165, 1.54) is 7.05 Å². The van der Waals surface area contributed by atoms with Crippen LogP contribution >= 0.6 is 11.6 Å². The van der Waals surface area contributed by atoms with Gasteiger partial charge in [0.15, 0.2) is 0 Å². The average Bonchev–Trinajstić information content (AvgIpc) is 2.53. The first-order chi connectivity index (χ1) is 12.1. The third-order valence-electron chi connectivity index (χ3n) is 4.04. The van der Waals surface area contributed by atoms with Crippen LogP contribution in [-0.4, -0.2) is 32.2 Å². The molecule has 26 heavy (non-hydrogen) atoms. The van der Waals surface area contributed by atoms with Crippen LogP contribution in [-0.2, 0) is 21.4 Å². The zero-order valence-corrected chi connectivity index (χ0v) is 16.9. The summed E-state index contributed by atoms with van der Waals surface area (Å²) in [5.74, 6) is -0.367. The van der Waals surface area contributed by atoms with E-state index in [0.717, 1.165) is 15.4 Å². The molecule has 0 spiro atoms. The van der Waals surface area contributed by atoms with Crippen molar-refractivity contribution in [2.75, 3.05) is 13.6 Å². The minimum absolute atomic E-state index is 0.247. The molecule has 7 heteroatoms. The van der Waals surface area contributed by atoms with Gasteiger partial charge in [-0.15, -0.1) is 0 Å². The molecule has 0 heterocycles. The number of rotatable bonds is 6. The lowest BCUT2D eigenvalue weighted by atomic mass is 10.1. The predicted molar refractivity (Wildman–Crippen MR) is 104 cm³/mol. The molecule has 0 saturated heterocycles. The zero-order chi connectivity index (χ0) is 19.5. The van der Waals surface area contributed by atoms with Crippen LogP contribution < -0.4 is 5.32 Å². The molecule has 0 bridgehead atoms. The van der Waals surface area contributed by atoms with Gasteiger partial charge in [-0.2, -0.15) is 4.31 Å². The second-order valence-electron chi connectivity index (χ2n) is 6.39. The first-order valence-electron chi connectivity index (χ1n) is 8.16. The number of carbonyl (C=O) groups excluding carboxylic acids is 1. The van der Waals surface area contributed by atoms with E-state index in [4.69, 9.17) is 11.6 Å². The van der Waals surface area contributed by atoms with Crippen LogP contribution in [0.25, 0.3) is 0 Å². The number of nitrogens with zero attached hydrogens (tertiary/aromatic N) is 1. The summed E-state index contributed by atoms with van der Waals surface area (Å²) in [5, 5.41) is 3.34. The van der Waals surface area contributed by atoms with Gasteiger partial charge in [-0.25, -0.2) is 8.42 Å². The number of likely N-dealkylation sites (N-methyl/N-ethyl adjacent to an activating group) is 1. The Morgan fingerprint density at radius 3 is 2.15 bits per heavy atom. The van der Waals surface area contributed by atoms with Crippen LogP contribution in [0.3, 0.4) is 0 Å². The van der Waals surface area contributed by atoms with Crippen LogP contribution in [0.1, 0.15) is 22.3 Å². The molecule has 0 saturated carbocycles. The van der Waals surface area contributed by atoms with Gasteiger partial charge in [0.25, 0.3) is 0 Å². The summed E-state index contributed by atoms with van der Waals surface area (Å²) in [6.07, 6.45) is 0. The maximum absolute atomic E-state index is 12.9. The van der Waals surface area contributed by atoms with Crippen LogP contribution in [0, 0.1) is 20.8 Å². The molecule has 2 aromatic rings. The molecular weight excluding hydrogens is 372 g/mol. The average molecular weight is 395 g/mol. The summed E-state index contributed by atoms with van der Waals surface area (Å²) in [6, 6.07) is 10.7. The summed E-state index contributed by atoms with van der Waals surface area (Å²) < 4.78 is 26.8. The molecular formula is C19H23ClN2O3S. The van der Waals surface area contributed by atoms with E-state index < -0.39 is 10.0 Å². The molecule has 0 radical (unpaired) electrons. The Morgan fingerprint density at radius 2 is 1.62 bits per heavy atom. The molecule has 1 amide bonds. The van der Waals surface area contributed by atoms with Gasteiger partial charge in [0.2, 0.25) is 15.9 Å². The molecule has 5 nitrogen and oxygen atoms in total. The third kappa shape index (κ3) is 4.84. The number of aryl methyl sites for hydroxylation is 3. The van der Waals surface area contributed by atoms with Crippen molar-refractivity contribution in [2.24, 2.45) is 0 Å². The van der Waals surface area contributed by atoms with Gasteiger partial charge >= 0.3 is 0 Å². The van der Waals surface area contributed by atoms with Crippen LogP contribution in [0.5, 0.6) is 0 Å². The van der Waals surface area contributed by atoms with Crippen LogP contribution in [0.15, 0.2) is 41.3 Å². The monoisotopic (exact) mass is 394 g/mol. The van der Waals surface area contributed by atoms with Gasteiger partial charge < -0.3 is 5.32 Å². The summed E-state index contributed by atoms with van der Waals surface area (Å²) in [7, 11) is -2.33. The third-order valence-corrected chi connectivity index (χ3v) is 6.40. The normalized spacial score (nSPS) is 11.6. The van der Waals surface area contributed by atoms with Crippen molar-refractivity contribution in [3.63, 3.8) is 0 Å². The number of sulfonamides is 1. The lowest BCUT2D eigenvalue weighted by Gasteiger charge is -2.20. The molecule has 0 aliphatic rings. The van der Waals surface area contributed by atoms with E-state index in [9.17, 15) is 13.2 Å². The topological polar surface area (TPSA) is 66.5 Å². The highest BCUT2D eigenvalue weighted by molar-refractivity contribution is 7.89. The highest BCUT2D eigenvalue weighted by atomic mass is 35.5. The van der Waals surface area contributed by atoms with E-state index in [-0.39, 0.29) is 17.3 Å². The van der Waals surface area contributed by atoms with Gasteiger partial charge in [0.05, 0.1) is 11.4 Å². The lowest BCUT2D eigenvalue weighted by Crippen LogP contribution is -2.38. The summed E-state index contributed by atoms with van der Waals surface area (Å²) in [6.45, 7) is 5.52. The molecule has 140 valence electrons. The Labute approximate surface area is 160 Å². The van der Waals surface area contributed by atoms with Crippen molar-refractivity contribution in [1.29, 1.82) is 0 Å². The second kappa shape index (κ2) is 8.20. The number of benzene rings is 2. The molecule has 2 aromatic carbocycles. The first-order valence-corrected chi connectivity index (χ1v) is 9.98. The smallest absolute Gasteiger partial charge is 0.243 e. The Hall–Kier alpha value is -1.89. The summed E-state index contributed by atoms with van der Waals surface area (Å²) in [5.41, 5.74) is 3.24. The minimum atomic E-state index is -3.75. The summed E-state index contributed by atoms with van der Waals surface area (Å²) in [4.78, 5) is 12.4. The first kappa shape index (κ1) is 20.4. The van der Waals surface area contributed by atoms with Gasteiger partial charge in [0.1, 0.15) is 0 Å². The Bertz CT molecular complexity index is 886. The zero-order valence-electron chi connectivity index (χ0n) is 15.3. The van der Waals surface area contributed by atoms with Crippen molar-refractivity contribution in [1.82, 2.24) is 9.62 Å². The molecule has 0 unspecified atom stereocenters. The Kier molecular flexibility index (Phi) is 6.44. The molecule has 1 N–H and O–H groups in total. The Balaban J connectivity index is 2.07. The standard InChI is InChI=1S/C19H23ClN2O3S/c1-13-9-14(2)19(15(3)10-13)26(24,25)22(4)12-18(23)21-11-16-5-7-17(20)8-6-16/h5-10H,11-12H2,1-4H3,(H,21,23). The fraction of sp³-hybridized carbons (Fsp3) is 0.316. The number of carbonyl (C=O) groups is 1. The molecule has 0 atom stereocenters. The minimum Gasteiger partial charge on any atom is -0.351 e. The van der Waals surface area contributed by atoms with E-state index >= 15 is 0 Å². The molecule has 0 aliphatic carbocycles. The maximum atomic E-state index is 12.9. The second-order valence-corrected chi connectivity index (χ2v) is 8.81. The largest absolute Gasteiger partial charge is 0.351 e. The number of hydrogen-bond acceptors (Lipinski definition) is 3. The van der Waals surface area contributed by atoms with Crippen molar-refractivity contribution < 1.29 is 13.2 Å². The molecule has 0 aromatic heterocycles. The number of hydrogen-bond donors (Lipinski definition) is 1. The number of halogens is 1. The number of nitrogens with one attached hydrogen (secondary N) is 1. The maximum Gasteiger partial charge on any atom is 0.243 e. The molecule has 0 fully saturated rings. The SMILES string of the molecule is Cc1cc(C)c(S(=O)(=O)N(C)CC(=O)NCc2ccc(Cl)cc2)c(C)c1. The molecule has 0 aliphatic heterocycles. The quantitative estimate of drug-likeness (QED) is 0.818. The van der Waals surface area contributed by atoms with Gasteiger partial charge in [0, 0.05) is 18.6 Å². The van der Waals surface area contributed by atoms with E-state index in [1.54, 1.807) is 26.0 Å². The summed E-state index contributed by atoms with van der Waals surface area (Å²) >= 11 is 5.83. The van der Waals surface area contributed by atoms with Crippen molar-refractivity contribution in [3.8, 4) is 0 Å². The van der Waals surface area contributed by atoms with Crippen LogP contribution in [0.4, 0.5) is 0 Å². The van der Waals surface area contributed by atoms with Crippen molar-refractivity contribution in [2.45, 2.75) is 32.2 Å². The van der Waals surface area contributed by atoms with Crippen molar-refractivity contribution >= 4 is 27.5 Å². The van der Waals surface area contributed by atoms with E-state index in [2.05, 4.69) is 5.32 Å². The van der Waals surface area contributed by atoms with E-state index in [0.29, 0.717) is 22.7 Å². The predicted octanol–water partition coefficient (Wildman–Crippen LogP) is 3.20. The van der Waals surface area contributed by atoms with Gasteiger partial charge in [-0.05, 0) is 49.6 Å². The number of amides is 1. The van der Waals surface area contributed by atoms with E-state index in [1.807, 2.05) is 31.2 Å². The van der Waals surface area contributed by atoms with Gasteiger partial charge in [-0.3, -0.25) is 4.79 Å². The fourth-order valence-electron chi connectivity index (χ4n) is 2.88. The highest BCUT2D eigenvalue weighted by Crippen LogP contribution is 2.24.